The number of benzene rings is 1. The Hall–Kier alpha value is -1.75. The van der Waals surface area contributed by atoms with Crippen molar-refractivity contribution in [2.75, 3.05) is 13.7 Å². The van der Waals surface area contributed by atoms with Gasteiger partial charge in [0.25, 0.3) is 0 Å². The van der Waals surface area contributed by atoms with Gasteiger partial charge in [-0.25, -0.2) is 4.79 Å². The van der Waals surface area contributed by atoms with Crippen LogP contribution in [-0.2, 0) is 4.74 Å². The smallest absolute Gasteiger partial charge is 0.410 e. The monoisotopic (exact) mass is 319 g/mol. The zero-order valence-corrected chi connectivity index (χ0v) is 13.8. The number of amides is 1. The lowest BCUT2D eigenvalue weighted by Crippen LogP contribution is -2.52. The fraction of sp³-hybridized carbons (Fsp3) is 0.611. The first-order valence-electron chi connectivity index (χ1n) is 8.35. The molecular formula is C18H25NO4. The Bertz CT molecular complexity index is 549. The largest absolute Gasteiger partial charge is 0.497 e. The van der Waals surface area contributed by atoms with Gasteiger partial charge in [-0.15, -0.1) is 0 Å². The van der Waals surface area contributed by atoms with Crippen molar-refractivity contribution in [1.82, 2.24) is 4.90 Å². The highest BCUT2D eigenvalue weighted by Gasteiger charge is 2.44. The van der Waals surface area contributed by atoms with E-state index in [1.165, 1.54) is 0 Å². The molecule has 2 aliphatic rings. The predicted molar refractivity (Wildman–Crippen MR) is 86.4 cm³/mol. The minimum absolute atomic E-state index is 0.0278. The van der Waals surface area contributed by atoms with E-state index in [0.29, 0.717) is 6.54 Å². The third-order valence-corrected chi connectivity index (χ3v) is 5.28. The Kier molecular flexibility index (Phi) is 4.48. The highest BCUT2D eigenvalue weighted by molar-refractivity contribution is 5.69. The van der Waals surface area contributed by atoms with Crippen LogP contribution in [0.5, 0.6) is 5.75 Å². The first-order chi connectivity index (χ1) is 11.0. The summed E-state index contributed by atoms with van der Waals surface area (Å²) in [6, 6.07) is 7.76. The molecule has 1 aromatic carbocycles. The molecule has 1 amide bonds. The third kappa shape index (κ3) is 3.29. The van der Waals surface area contributed by atoms with E-state index < -0.39 is 0 Å². The van der Waals surface area contributed by atoms with Gasteiger partial charge in [0.15, 0.2) is 0 Å². The number of carbonyl (C=O) groups is 1. The standard InChI is InChI=1S/C18H25NO4/c1-13(14-3-5-16(22-2)6-4-14)19-12-11-18(23-17(19)21)9-7-15(20)8-10-18/h3-6,13,15,20H,7-12H2,1-2H3/t13-,15?,18?/m0/s1. The average Bonchev–Trinajstić information content (AvgIpc) is 2.57. The lowest BCUT2D eigenvalue weighted by atomic mass is 9.80. The van der Waals surface area contributed by atoms with Crippen molar-refractivity contribution in [3.8, 4) is 5.75 Å². The molecule has 0 bridgehead atoms. The van der Waals surface area contributed by atoms with Gasteiger partial charge in [0.2, 0.25) is 0 Å². The van der Waals surface area contributed by atoms with Crippen LogP contribution in [0, 0.1) is 0 Å². The summed E-state index contributed by atoms with van der Waals surface area (Å²) < 4.78 is 11.0. The summed E-state index contributed by atoms with van der Waals surface area (Å²) in [6.45, 7) is 2.72. The first kappa shape index (κ1) is 16.1. The summed E-state index contributed by atoms with van der Waals surface area (Å²) in [4.78, 5) is 14.3. The number of carbonyl (C=O) groups excluding carboxylic acids is 1. The van der Waals surface area contributed by atoms with Crippen LogP contribution >= 0.6 is 0 Å². The molecule has 1 N–H and O–H groups in total. The molecular weight excluding hydrogens is 294 g/mol. The molecule has 1 aromatic rings. The van der Waals surface area contributed by atoms with E-state index in [-0.39, 0.29) is 23.8 Å². The molecule has 5 nitrogen and oxygen atoms in total. The summed E-state index contributed by atoms with van der Waals surface area (Å²) in [5.41, 5.74) is 0.713. The van der Waals surface area contributed by atoms with Crippen molar-refractivity contribution >= 4 is 6.09 Å². The van der Waals surface area contributed by atoms with Gasteiger partial charge in [0.1, 0.15) is 11.4 Å². The number of nitrogens with zero attached hydrogens (tertiary/aromatic N) is 1. The number of rotatable bonds is 3. The lowest BCUT2D eigenvalue weighted by Gasteiger charge is -2.45. The number of aliphatic hydroxyl groups excluding tert-OH is 1. The van der Waals surface area contributed by atoms with Gasteiger partial charge in [-0.1, -0.05) is 12.1 Å². The molecule has 5 heteroatoms. The summed E-state index contributed by atoms with van der Waals surface area (Å²) in [6.07, 6.45) is 3.34. The van der Waals surface area contributed by atoms with Crippen LogP contribution in [0.4, 0.5) is 4.79 Å². The molecule has 1 aliphatic heterocycles. The fourth-order valence-corrected chi connectivity index (χ4v) is 3.61. The van der Waals surface area contributed by atoms with Crippen LogP contribution < -0.4 is 4.74 Å². The number of ether oxygens (including phenoxy) is 2. The predicted octanol–water partition coefficient (Wildman–Crippen LogP) is 3.27. The zero-order valence-electron chi connectivity index (χ0n) is 13.8. The average molecular weight is 319 g/mol. The van der Waals surface area contributed by atoms with Gasteiger partial charge >= 0.3 is 6.09 Å². The maximum absolute atomic E-state index is 12.5. The Balaban J connectivity index is 1.66. The van der Waals surface area contributed by atoms with E-state index in [2.05, 4.69) is 0 Å². The Morgan fingerprint density at radius 3 is 2.48 bits per heavy atom. The second-order valence-corrected chi connectivity index (χ2v) is 6.67. The molecule has 1 atom stereocenters. The highest BCUT2D eigenvalue weighted by atomic mass is 16.6. The van der Waals surface area contributed by atoms with Crippen LogP contribution in [0.25, 0.3) is 0 Å². The van der Waals surface area contributed by atoms with E-state index in [1.54, 1.807) is 12.0 Å². The normalized spacial score (nSPS) is 29.3. The Morgan fingerprint density at radius 2 is 1.91 bits per heavy atom. The zero-order chi connectivity index (χ0) is 16.4. The van der Waals surface area contributed by atoms with E-state index >= 15 is 0 Å². The van der Waals surface area contributed by atoms with Gasteiger partial charge in [-0.3, -0.25) is 0 Å². The van der Waals surface area contributed by atoms with E-state index in [1.807, 2.05) is 31.2 Å². The lowest BCUT2D eigenvalue weighted by molar-refractivity contribution is -0.0908. The molecule has 0 unspecified atom stereocenters. The van der Waals surface area contributed by atoms with Crippen molar-refractivity contribution in [2.24, 2.45) is 0 Å². The number of hydrogen-bond acceptors (Lipinski definition) is 4. The quantitative estimate of drug-likeness (QED) is 0.929. The molecule has 3 rings (SSSR count). The van der Waals surface area contributed by atoms with E-state index in [0.717, 1.165) is 43.4 Å². The molecule has 23 heavy (non-hydrogen) atoms. The number of methoxy groups -OCH3 is 1. The van der Waals surface area contributed by atoms with Crippen LogP contribution in [-0.4, -0.2) is 41.5 Å². The van der Waals surface area contributed by atoms with Crippen molar-refractivity contribution in [1.29, 1.82) is 0 Å². The van der Waals surface area contributed by atoms with Gasteiger partial charge < -0.3 is 19.5 Å². The van der Waals surface area contributed by atoms with Gasteiger partial charge in [0.05, 0.1) is 19.3 Å². The van der Waals surface area contributed by atoms with Gasteiger partial charge in [-0.05, 0) is 50.3 Å². The van der Waals surface area contributed by atoms with Crippen molar-refractivity contribution in [3.05, 3.63) is 29.8 Å². The Labute approximate surface area is 137 Å². The number of hydrogen-bond donors (Lipinski definition) is 1. The molecule has 1 saturated carbocycles. The van der Waals surface area contributed by atoms with E-state index in [9.17, 15) is 9.90 Å². The molecule has 1 spiro atoms. The summed E-state index contributed by atoms with van der Waals surface area (Å²) in [5.74, 6) is 0.807. The molecule has 0 radical (unpaired) electrons. The second-order valence-electron chi connectivity index (χ2n) is 6.67. The SMILES string of the molecule is COc1ccc([C@H](C)N2CCC3(CCC(O)CC3)OC2=O)cc1. The summed E-state index contributed by atoms with van der Waals surface area (Å²) >= 11 is 0. The summed E-state index contributed by atoms with van der Waals surface area (Å²) in [5, 5.41) is 9.66. The minimum atomic E-state index is -0.355. The van der Waals surface area contributed by atoms with Crippen molar-refractivity contribution < 1.29 is 19.4 Å². The van der Waals surface area contributed by atoms with Crippen LogP contribution in [0.2, 0.25) is 0 Å². The molecule has 2 fully saturated rings. The molecule has 0 aromatic heterocycles. The summed E-state index contributed by atoms with van der Waals surface area (Å²) in [7, 11) is 1.64. The van der Waals surface area contributed by atoms with Crippen molar-refractivity contribution in [2.45, 2.75) is 56.8 Å². The highest BCUT2D eigenvalue weighted by Crippen LogP contribution is 2.39. The van der Waals surface area contributed by atoms with E-state index in [4.69, 9.17) is 9.47 Å². The maximum Gasteiger partial charge on any atom is 0.410 e. The second kappa shape index (κ2) is 6.40. The molecule has 1 heterocycles. The topological polar surface area (TPSA) is 59.0 Å². The molecule has 1 saturated heterocycles. The Morgan fingerprint density at radius 1 is 1.26 bits per heavy atom. The van der Waals surface area contributed by atoms with Crippen LogP contribution in [0.3, 0.4) is 0 Å². The number of aliphatic hydroxyl groups is 1. The van der Waals surface area contributed by atoms with Crippen molar-refractivity contribution in [3.63, 3.8) is 0 Å². The minimum Gasteiger partial charge on any atom is -0.497 e. The fourth-order valence-electron chi connectivity index (χ4n) is 3.61. The molecule has 1 aliphatic carbocycles. The third-order valence-electron chi connectivity index (χ3n) is 5.28. The molecule has 126 valence electrons. The van der Waals surface area contributed by atoms with Crippen LogP contribution in [0.1, 0.15) is 50.6 Å². The first-order valence-corrected chi connectivity index (χ1v) is 8.35. The van der Waals surface area contributed by atoms with Gasteiger partial charge in [-0.2, -0.15) is 0 Å². The van der Waals surface area contributed by atoms with Crippen LogP contribution in [0.15, 0.2) is 24.3 Å². The van der Waals surface area contributed by atoms with Gasteiger partial charge in [0, 0.05) is 13.0 Å². The maximum atomic E-state index is 12.5.